The van der Waals surface area contributed by atoms with Crippen LogP contribution in [0.15, 0.2) is 60.9 Å². The minimum absolute atomic E-state index is 0.491. The molecular weight excluding hydrogens is 298 g/mol. The highest BCUT2D eigenvalue weighted by Gasteiger charge is 2.09. The molecule has 0 bridgehead atoms. The summed E-state index contributed by atoms with van der Waals surface area (Å²) in [5, 5.41) is 3.81. The van der Waals surface area contributed by atoms with E-state index in [2.05, 4.69) is 20.3 Å². The zero-order valence-corrected chi connectivity index (χ0v) is 12.7. The Morgan fingerprint density at radius 2 is 1.82 bits per heavy atom. The number of nitrogens with one attached hydrogen (secondary N) is 1. The van der Waals surface area contributed by atoms with Gasteiger partial charge in [0.15, 0.2) is 0 Å². The summed E-state index contributed by atoms with van der Waals surface area (Å²) in [4.78, 5) is 14.6. The fraction of sp³-hybridized carbons (Fsp3) is 0.0625. The molecule has 0 radical (unpaired) electrons. The Hall–Kier alpha value is -2.66. The molecule has 0 spiro atoms. The second kappa shape index (κ2) is 6.41. The van der Waals surface area contributed by atoms with Gasteiger partial charge in [0.1, 0.15) is 6.33 Å². The number of para-hydroxylation sites is 1. The molecule has 0 fully saturated rings. The van der Waals surface area contributed by atoms with Crippen LogP contribution in [0.3, 0.4) is 0 Å². The summed E-state index contributed by atoms with van der Waals surface area (Å²) in [6.07, 6.45) is 1.48. The van der Waals surface area contributed by atoms with Crippen molar-refractivity contribution in [2.75, 3.05) is 17.3 Å². The molecule has 1 heterocycles. The summed E-state index contributed by atoms with van der Waals surface area (Å²) in [6, 6.07) is 17.3. The second-order valence-corrected chi connectivity index (χ2v) is 5.08. The standard InChI is InChI=1S/C16H14ClN5/c1-22(14-9-5-6-12(17)10-14)16-19-11-18-15(21-16)20-13-7-3-2-4-8-13/h2-11H,1H3,(H,18,19,20,21). The van der Waals surface area contributed by atoms with Crippen molar-refractivity contribution in [2.24, 2.45) is 0 Å². The number of hydrogen-bond donors (Lipinski definition) is 1. The summed E-state index contributed by atoms with van der Waals surface area (Å²) in [7, 11) is 1.88. The van der Waals surface area contributed by atoms with Crippen molar-refractivity contribution in [3.63, 3.8) is 0 Å². The molecule has 0 aliphatic rings. The lowest BCUT2D eigenvalue weighted by molar-refractivity contribution is 0.990. The average molecular weight is 312 g/mol. The first-order chi connectivity index (χ1) is 10.7. The maximum atomic E-state index is 6.02. The van der Waals surface area contributed by atoms with Crippen LogP contribution in [0.5, 0.6) is 0 Å². The van der Waals surface area contributed by atoms with Crippen LogP contribution in [-0.2, 0) is 0 Å². The third-order valence-electron chi connectivity index (χ3n) is 3.08. The maximum Gasteiger partial charge on any atom is 0.234 e. The molecule has 0 amide bonds. The summed E-state index contributed by atoms with van der Waals surface area (Å²) >= 11 is 6.02. The Morgan fingerprint density at radius 1 is 1.00 bits per heavy atom. The lowest BCUT2D eigenvalue weighted by Crippen LogP contribution is -2.14. The number of anilines is 4. The Kier molecular flexibility index (Phi) is 4.16. The van der Waals surface area contributed by atoms with Gasteiger partial charge in [-0.3, -0.25) is 0 Å². The zero-order chi connectivity index (χ0) is 15.4. The van der Waals surface area contributed by atoms with Gasteiger partial charge in [0.25, 0.3) is 0 Å². The van der Waals surface area contributed by atoms with Gasteiger partial charge >= 0.3 is 0 Å². The van der Waals surface area contributed by atoms with E-state index in [1.165, 1.54) is 6.33 Å². The topological polar surface area (TPSA) is 53.9 Å². The van der Waals surface area contributed by atoms with E-state index in [1.54, 1.807) is 0 Å². The van der Waals surface area contributed by atoms with Gasteiger partial charge in [-0.2, -0.15) is 4.98 Å². The molecular formula is C16H14ClN5. The number of hydrogen-bond acceptors (Lipinski definition) is 5. The van der Waals surface area contributed by atoms with Crippen molar-refractivity contribution in [2.45, 2.75) is 0 Å². The lowest BCUT2D eigenvalue weighted by atomic mass is 10.3. The van der Waals surface area contributed by atoms with Crippen molar-refractivity contribution >= 4 is 34.9 Å². The second-order valence-electron chi connectivity index (χ2n) is 4.64. The van der Waals surface area contributed by atoms with E-state index < -0.39 is 0 Å². The van der Waals surface area contributed by atoms with Gasteiger partial charge in [-0.1, -0.05) is 35.9 Å². The Morgan fingerprint density at radius 3 is 2.59 bits per heavy atom. The van der Waals surface area contributed by atoms with Gasteiger partial charge in [-0.25, -0.2) is 9.97 Å². The summed E-state index contributed by atoms with van der Waals surface area (Å²) in [5.41, 5.74) is 1.83. The molecule has 6 heteroatoms. The van der Waals surface area contributed by atoms with Crippen molar-refractivity contribution in [3.05, 3.63) is 65.9 Å². The monoisotopic (exact) mass is 311 g/mol. The van der Waals surface area contributed by atoms with Gasteiger partial charge in [0.2, 0.25) is 11.9 Å². The van der Waals surface area contributed by atoms with Crippen LogP contribution in [0, 0.1) is 0 Å². The zero-order valence-electron chi connectivity index (χ0n) is 11.9. The molecule has 1 aromatic heterocycles. The van der Waals surface area contributed by atoms with E-state index in [4.69, 9.17) is 11.6 Å². The molecule has 22 heavy (non-hydrogen) atoms. The predicted octanol–water partition coefficient (Wildman–Crippen LogP) is 4.04. The quantitative estimate of drug-likeness (QED) is 0.788. The van der Waals surface area contributed by atoms with Crippen molar-refractivity contribution in [1.82, 2.24) is 15.0 Å². The SMILES string of the molecule is CN(c1cccc(Cl)c1)c1ncnc(Nc2ccccc2)n1. The third kappa shape index (κ3) is 3.32. The molecule has 0 aliphatic heterocycles. The minimum Gasteiger partial charge on any atom is -0.324 e. The molecule has 110 valence electrons. The molecule has 0 atom stereocenters. The largest absolute Gasteiger partial charge is 0.324 e. The fourth-order valence-corrected chi connectivity index (χ4v) is 2.14. The minimum atomic E-state index is 0.491. The van der Waals surface area contributed by atoms with Crippen LogP contribution in [0.4, 0.5) is 23.3 Å². The Bertz CT molecular complexity index is 763. The van der Waals surface area contributed by atoms with E-state index in [-0.39, 0.29) is 0 Å². The van der Waals surface area contributed by atoms with Crippen LogP contribution in [0.2, 0.25) is 5.02 Å². The number of benzene rings is 2. The number of nitrogens with zero attached hydrogens (tertiary/aromatic N) is 4. The highest BCUT2D eigenvalue weighted by atomic mass is 35.5. The van der Waals surface area contributed by atoms with Crippen LogP contribution in [0.25, 0.3) is 0 Å². The highest BCUT2D eigenvalue weighted by Crippen LogP contribution is 2.23. The van der Waals surface area contributed by atoms with Gasteiger partial charge in [0, 0.05) is 23.4 Å². The van der Waals surface area contributed by atoms with E-state index in [1.807, 2.05) is 66.5 Å². The predicted molar refractivity (Wildman–Crippen MR) is 89.1 cm³/mol. The third-order valence-corrected chi connectivity index (χ3v) is 3.32. The molecule has 5 nitrogen and oxygen atoms in total. The van der Waals surface area contributed by atoms with Gasteiger partial charge in [-0.05, 0) is 30.3 Å². The van der Waals surface area contributed by atoms with Crippen LogP contribution in [-0.4, -0.2) is 22.0 Å². The van der Waals surface area contributed by atoms with E-state index >= 15 is 0 Å². The molecule has 0 saturated heterocycles. The molecule has 1 N–H and O–H groups in total. The molecule has 2 aromatic carbocycles. The molecule has 0 unspecified atom stereocenters. The first-order valence-corrected chi connectivity index (χ1v) is 7.10. The summed E-state index contributed by atoms with van der Waals surface area (Å²) in [6.45, 7) is 0. The molecule has 0 aliphatic carbocycles. The normalized spacial score (nSPS) is 10.3. The van der Waals surface area contributed by atoms with Gasteiger partial charge in [0.05, 0.1) is 0 Å². The number of aromatic nitrogens is 3. The molecule has 3 aromatic rings. The van der Waals surface area contributed by atoms with E-state index in [9.17, 15) is 0 Å². The number of halogens is 1. The van der Waals surface area contributed by atoms with Gasteiger partial charge in [-0.15, -0.1) is 0 Å². The van der Waals surface area contributed by atoms with Gasteiger partial charge < -0.3 is 10.2 Å². The maximum absolute atomic E-state index is 6.02. The lowest BCUT2D eigenvalue weighted by Gasteiger charge is -2.17. The van der Waals surface area contributed by atoms with Crippen molar-refractivity contribution in [1.29, 1.82) is 0 Å². The van der Waals surface area contributed by atoms with Crippen molar-refractivity contribution < 1.29 is 0 Å². The first-order valence-electron chi connectivity index (χ1n) is 6.73. The highest BCUT2D eigenvalue weighted by molar-refractivity contribution is 6.30. The van der Waals surface area contributed by atoms with Crippen LogP contribution < -0.4 is 10.2 Å². The summed E-state index contributed by atoms with van der Waals surface area (Å²) < 4.78 is 0. The fourth-order valence-electron chi connectivity index (χ4n) is 1.96. The molecule has 3 rings (SSSR count). The Balaban J connectivity index is 1.84. The summed E-state index contributed by atoms with van der Waals surface area (Å²) in [5.74, 6) is 1.03. The van der Waals surface area contributed by atoms with E-state index in [0.717, 1.165) is 11.4 Å². The van der Waals surface area contributed by atoms with Crippen LogP contribution in [0.1, 0.15) is 0 Å². The smallest absolute Gasteiger partial charge is 0.234 e. The number of rotatable bonds is 4. The van der Waals surface area contributed by atoms with E-state index in [0.29, 0.717) is 16.9 Å². The Labute approximate surface area is 133 Å². The van der Waals surface area contributed by atoms with Crippen molar-refractivity contribution in [3.8, 4) is 0 Å². The first kappa shape index (κ1) is 14.3. The molecule has 0 saturated carbocycles. The average Bonchev–Trinajstić information content (AvgIpc) is 2.55. The van der Waals surface area contributed by atoms with Crippen LogP contribution >= 0.6 is 11.6 Å².